The molecule has 0 spiro atoms. The fraction of sp³-hybridized carbons (Fsp3) is 0.280. The molecule has 1 aliphatic rings. The maximum atomic E-state index is 13.2. The molecule has 6 nitrogen and oxygen atoms in total. The number of aromatic nitrogens is 1. The van der Waals surface area contributed by atoms with Crippen LogP contribution in [0.2, 0.25) is 0 Å². The molecule has 1 aromatic heterocycles. The molecule has 32 heavy (non-hydrogen) atoms. The summed E-state index contributed by atoms with van der Waals surface area (Å²) in [5.74, 6) is 0.297. The lowest BCUT2D eigenvalue weighted by atomic mass is 10.1. The first-order chi connectivity index (χ1) is 15.7. The molecule has 2 heterocycles. The first kappa shape index (κ1) is 21.8. The molecule has 0 saturated carbocycles. The number of anilines is 1. The summed E-state index contributed by atoms with van der Waals surface area (Å²) < 4.78 is 18.7. The van der Waals surface area contributed by atoms with E-state index in [-0.39, 0.29) is 17.8 Å². The van der Waals surface area contributed by atoms with Crippen LogP contribution in [-0.4, -0.2) is 55.6 Å². The number of hydrogen-bond donors (Lipinski definition) is 1. The smallest absolute Gasteiger partial charge is 0.251 e. The number of hydrogen-bond acceptors (Lipinski definition) is 5. The predicted molar refractivity (Wildman–Crippen MR) is 122 cm³/mol. The largest absolute Gasteiger partial charge is 0.495 e. The molecule has 166 valence electrons. The standard InChI is InChI=1S/C25H27FN4O2/c1-32-24-7-3-2-6-22(24)29-13-15-30(16-14-29)23(20-5-4-12-27-17-20)18-28-25(31)19-8-10-21(26)11-9-19/h2-12,17,23H,13-16,18H2,1H3,(H,28,31). The summed E-state index contributed by atoms with van der Waals surface area (Å²) in [6.45, 7) is 3.82. The number of nitrogens with zero attached hydrogens (tertiary/aromatic N) is 3. The zero-order valence-corrected chi connectivity index (χ0v) is 18.1. The van der Waals surface area contributed by atoms with E-state index in [4.69, 9.17) is 4.74 Å². The number of nitrogens with one attached hydrogen (secondary N) is 1. The quantitative estimate of drug-likeness (QED) is 0.617. The van der Waals surface area contributed by atoms with Crippen LogP contribution in [0.3, 0.4) is 0 Å². The molecule has 1 aliphatic heterocycles. The molecule has 1 atom stereocenters. The minimum absolute atomic E-state index is 0.00656. The predicted octanol–water partition coefficient (Wildman–Crippen LogP) is 3.52. The Morgan fingerprint density at radius 3 is 2.50 bits per heavy atom. The zero-order chi connectivity index (χ0) is 22.3. The molecule has 3 aromatic rings. The van der Waals surface area contributed by atoms with Gasteiger partial charge in [0.25, 0.3) is 5.91 Å². The number of ether oxygens (including phenoxy) is 1. The van der Waals surface area contributed by atoms with Crippen LogP contribution < -0.4 is 15.0 Å². The first-order valence-electron chi connectivity index (χ1n) is 10.7. The number of carbonyl (C=O) groups is 1. The van der Waals surface area contributed by atoms with Gasteiger partial charge in [-0.2, -0.15) is 0 Å². The second-order valence-corrected chi connectivity index (χ2v) is 7.71. The molecule has 4 rings (SSSR count). The van der Waals surface area contributed by atoms with E-state index in [9.17, 15) is 9.18 Å². The molecule has 2 aromatic carbocycles. The van der Waals surface area contributed by atoms with Crippen molar-refractivity contribution in [2.75, 3.05) is 44.7 Å². The Morgan fingerprint density at radius 1 is 1.06 bits per heavy atom. The maximum absolute atomic E-state index is 13.2. The van der Waals surface area contributed by atoms with Gasteiger partial charge in [0.2, 0.25) is 0 Å². The van der Waals surface area contributed by atoms with Crippen LogP contribution in [0.5, 0.6) is 5.75 Å². The second kappa shape index (κ2) is 10.2. The van der Waals surface area contributed by atoms with Crippen molar-refractivity contribution in [2.24, 2.45) is 0 Å². The van der Waals surface area contributed by atoms with Crippen LogP contribution >= 0.6 is 0 Å². The normalized spacial score (nSPS) is 15.2. The van der Waals surface area contributed by atoms with E-state index in [2.05, 4.69) is 26.2 Å². The first-order valence-corrected chi connectivity index (χ1v) is 10.7. The Balaban J connectivity index is 1.44. The van der Waals surface area contributed by atoms with Gasteiger partial charge in [0, 0.05) is 50.7 Å². The zero-order valence-electron chi connectivity index (χ0n) is 18.1. The summed E-state index contributed by atoms with van der Waals surface area (Å²) >= 11 is 0. The van der Waals surface area contributed by atoms with E-state index in [1.54, 1.807) is 13.3 Å². The van der Waals surface area contributed by atoms with Gasteiger partial charge in [-0.15, -0.1) is 0 Å². The summed E-state index contributed by atoms with van der Waals surface area (Å²) in [5, 5.41) is 3.01. The van der Waals surface area contributed by atoms with Crippen molar-refractivity contribution >= 4 is 11.6 Å². The van der Waals surface area contributed by atoms with Gasteiger partial charge in [0.05, 0.1) is 18.8 Å². The fourth-order valence-corrected chi connectivity index (χ4v) is 4.09. The number of piperazine rings is 1. The van der Waals surface area contributed by atoms with Crippen LogP contribution in [0.4, 0.5) is 10.1 Å². The summed E-state index contributed by atoms with van der Waals surface area (Å²) in [5.41, 5.74) is 2.59. The van der Waals surface area contributed by atoms with Crippen molar-refractivity contribution in [3.8, 4) is 5.75 Å². The van der Waals surface area contributed by atoms with Crippen LogP contribution in [0.25, 0.3) is 0 Å². The number of pyridine rings is 1. The van der Waals surface area contributed by atoms with E-state index < -0.39 is 0 Å². The summed E-state index contributed by atoms with van der Waals surface area (Å²) in [4.78, 5) is 21.6. The Bertz CT molecular complexity index is 1020. The molecule has 0 bridgehead atoms. The Labute approximate surface area is 187 Å². The number of carbonyl (C=O) groups excluding carboxylic acids is 1. The average molecular weight is 435 g/mol. The van der Waals surface area contributed by atoms with Crippen molar-refractivity contribution < 1.29 is 13.9 Å². The van der Waals surface area contributed by atoms with Crippen molar-refractivity contribution in [1.29, 1.82) is 0 Å². The van der Waals surface area contributed by atoms with Gasteiger partial charge in [0.15, 0.2) is 0 Å². The number of methoxy groups -OCH3 is 1. The van der Waals surface area contributed by atoms with Gasteiger partial charge in [-0.25, -0.2) is 4.39 Å². The highest BCUT2D eigenvalue weighted by Crippen LogP contribution is 2.30. The van der Waals surface area contributed by atoms with Gasteiger partial charge >= 0.3 is 0 Å². The Kier molecular flexibility index (Phi) is 6.97. The van der Waals surface area contributed by atoms with Crippen LogP contribution in [0, 0.1) is 5.82 Å². The topological polar surface area (TPSA) is 57.7 Å². The third kappa shape index (κ3) is 5.06. The molecule has 1 N–H and O–H groups in total. The molecule has 1 unspecified atom stereocenters. The lowest BCUT2D eigenvalue weighted by Crippen LogP contribution is -2.50. The molecule has 0 radical (unpaired) electrons. The molecule has 1 fully saturated rings. The summed E-state index contributed by atoms with van der Waals surface area (Å²) in [6, 6.07) is 17.6. The van der Waals surface area contributed by atoms with Crippen molar-refractivity contribution in [3.05, 3.63) is 90.0 Å². The number of amides is 1. The molecule has 7 heteroatoms. The van der Waals surface area contributed by atoms with Crippen LogP contribution in [-0.2, 0) is 0 Å². The van der Waals surface area contributed by atoms with Crippen LogP contribution in [0.1, 0.15) is 22.0 Å². The van der Waals surface area contributed by atoms with Crippen LogP contribution in [0.15, 0.2) is 73.1 Å². The Morgan fingerprint density at radius 2 is 1.81 bits per heavy atom. The number of halogens is 1. The molecule has 0 aliphatic carbocycles. The Hall–Kier alpha value is -3.45. The third-order valence-electron chi connectivity index (χ3n) is 5.81. The van der Waals surface area contributed by atoms with Crippen molar-refractivity contribution in [2.45, 2.75) is 6.04 Å². The summed E-state index contributed by atoms with van der Waals surface area (Å²) in [6.07, 6.45) is 3.60. The lowest BCUT2D eigenvalue weighted by molar-refractivity contribution is 0.0930. The van der Waals surface area contributed by atoms with E-state index in [1.807, 2.05) is 36.5 Å². The van der Waals surface area contributed by atoms with E-state index in [0.717, 1.165) is 43.2 Å². The molecular formula is C25H27FN4O2. The summed E-state index contributed by atoms with van der Waals surface area (Å²) in [7, 11) is 1.69. The number of rotatable bonds is 7. The van der Waals surface area contributed by atoms with Gasteiger partial charge in [-0.3, -0.25) is 14.7 Å². The SMILES string of the molecule is COc1ccccc1N1CCN(C(CNC(=O)c2ccc(F)cc2)c2cccnc2)CC1. The average Bonchev–Trinajstić information content (AvgIpc) is 2.85. The van der Waals surface area contributed by atoms with Gasteiger partial charge in [-0.05, 0) is 48.0 Å². The lowest BCUT2D eigenvalue weighted by Gasteiger charge is -2.40. The van der Waals surface area contributed by atoms with E-state index in [0.29, 0.717) is 12.1 Å². The highest BCUT2D eigenvalue weighted by molar-refractivity contribution is 5.94. The van der Waals surface area contributed by atoms with Crippen molar-refractivity contribution in [1.82, 2.24) is 15.2 Å². The second-order valence-electron chi connectivity index (χ2n) is 7.71. The third-order valence-corrected chi connectivity index (χ3v) is 5.81. The maximum Gasteiger partial charge on any atom is 0.251 e. The fourth-order valence-electron chi connectivity index (χ4n) is 4.09. The molecule has 1 amide bonds. The number of para-hydroxylation sites is 2. The van der Waals surface area contributed by atoms with E-state index >= 15 is 0 Å². The van der Waals surface area contributed by atoms with Gasteiger partial charge in [-0.1, -0.05) is 18.2 Å². The minimum atomic E-state index is -0.359. The number of benzene rings is 2. The highest BCUT2D eigenvalue weighted by Gasteiger charge is 2.27. The van der Waals surface area contributed by atoms with Gasteiger partial charge < -0.3 is 15.0 Å². The minimum Gasteiger partial charge on any atom is -0.495 e. The monoisotopic (exact) mass is 434 g/mol. The van der Waals surface area contributed by atoms with Crippen molar-refractivity contribution in [3.63, 3.8) is 0 Å². The van der Waals surface area contributed by atoms with E-state index in [1.165, 1.54) is 24.3 Å². The van der Waals surface area contributed by atoms with Gasteiger partial charge in [0.1, 0.15) is 11.6 Å². The molecule has 1 saturated heterocycles. The molecular weight excluding hydrogens is 407 g/mol. The highest BCUT2D eigenvalue weighted by atomic mass is 19.1.